The number of aromatic nitrogens is 4. The van der Waals surface area contributed by atoms with Crippen molar-refractivity contribution in [2.75, 3.05) is 23.0 Å². The molecule has 0 aliphatic heterocycles. The Labute approximate surface area is 276 Å². The molecule has 0 saturated heterocycles. The van der Waals surface area contributed by atoms with E-state index < -0.39 is 34.1 Å². The third-order valence-corrected chi connectivity index (χ3v) is 8.93. The van der Waals surface area contributed by atoms with Crippen LogP contribution < -0.4 is 9.47 Å². The molecule has 0 amide bonds. The lowest BCUT2D eigenvalue weighted by Gasteiger charge is -2.10. The van der Waals surface area contributed by atoms with Gasteiger partial charge in [-0.1, -0.05) is 13.8 Å². The number of benzene rings is 2. The third kappa shape index (κ3) is 10.9. The number of Topliss-reactive ketones (excluding diaryl/α,β-unsaturated/α-hetero) is 2. The first-order chi connectivity index (χ1) is 22.3. The predicted octanol–water partition coefficient (Wildman–Crippen LogP) is 6.52. The van der Waals surface area contributed by atoms with Gasteiger partial charge in [0.15, 0.2) is 21.5 Å². The fourth-order valence-electron chi connectivity index (χ4n) is 4.15. The van der Waals surface area contributed by atoms with E-state index in [-0.39, 0.29) is 28.9 Å². The lowest BCUT2D eigenvalue weighted by molar-refractivity contribution is -0.275. The molecule has 0 spiro atoms. The molecule has 260 valence electrons. The average molecular weight is 721 g/mol. The Morgan fingerprint density at radius 2 is 1.12 bits per heavy atom. The van der Waals surface area contributed by atoms with Crippen molar-refractivity contribution in [3.8, 4) is 34.0 Å². The minimum atomic E-state index is -4.78. The third-order valence-electron chi connectivity index (χ3n) is 6.47. The second-order valence-electron chi connectivity index (χ2n) is 9.86. The van der Waals surface area contributed by atoms with Gasteiger partial charge in [0.1, 0.15) is 17.3 Å². The van der Waals surface area contributed by atoms with Crippen LogP contribution in [-0.4, -0.2) is 74.8 Å². The van der Waals surface area contributed by atoms with Crippen LogP contribution in [0, 0.1) is 0 Å². The smallest absolute Gasteiger partial charge is 0.406 e. The maximum absolute atomic E-state index is 12.2. The summed E-state index contributed by atoms with van der Waals surface area (Å²) < 4.78 is 107. The van der Waals surface area contributed by atoms with Gasteiger partial charge in [-0.3, -0.25) is 9.59 Å². The summed E-state index contributed by atoms with van der Waals surface area (Å²) in [5.41, 5.74) is 2.25. The molecular weight excluding hydrogens is 690 g/mol. The molecule has 0 radical (unpaired) electrons. The monoisotopic (exact) mass is 720 g/mol. The molecule has 0 atom stereocenters. The van der Waals surface area contributed by atoms with Crippen LogP contribution >= 0.6 is 11.8 Å². The Kier molecular flexibility index (Phi) is 12.5. The number of carbonyl (C=O) groups excluding carboxylic acids is 2. The number of halogens is 6. The number of hydrogen-bond acceptors (Lipinski definition) is 9. The molecule has 0 fully saturated rings. The molecule has 0 bridgehead atoms. The summed E-state index contributed by atoms with van der Waals surface area (Å²) in [6.45, 7) is 3.41. The fourth-order valence-corrected chi connectivity index (χ4v) is 5.41. The molecule has 0 N–H and O–H groups in total. The number of carbonyl (C=O) groups is 2. The van der Waals surface area contributed by atoms with E-state index in [0.717, 1.165) is 17.9 Å². The maximum atomic E-state index is 12.2. The topological polar surface area (TPSA) is 122 Å². The first-order valence-corrected chi connectivity index (χ1v) is 16.9. The van der Waals surface area contributed by atoms with Crippen LogP contribution in [0.15, 0.2) is 60.9 Å². The molecule has 0 aliphatic rings. The fraction of sp³-hybridized carbons (Fsp3) is 0.333. The summed E-state index contributed by atoms with van der Waals surface area (Å²) in [5.74, 6) is -0.719. The van der Waals surface area contributed by atoms with E-state index in [9.17, 15) is 44.3 Å². The number of thioether (sulfide) groups is 1. The molecule has 2 aromatic heterocycles. The number of hydrogen-bond donors (Lipinski definition) is 0. The Balaban J connectivity index is 0.000000261. The van der Waals surface area contributed by atoms with Crippen LogP contribution in [0.25, 0.3) is 22.5 Å². The summed E-state index contributed by atoms with van der Waals surface area (Å²) in [7, 11) is -0.265. The van der Waals surface area contributed by atoms with Gasteiger partial charge in [-0.2, -0.15) is 11.8 Å². The lowest BCUT2D eigenvalue weighted by Crippen LogP contribution is -2.20. The number of ketones is 2. The van der Waals surface area contributed by atoms with E-state index in [2.05, 4.69) is 19.4 Å². The zero-order valence-corrected chi connectivity index (χ0v) is 27.6. The number of sulfone groups is 1. The quantitative estimate of drug-likeness (QED) is 0.119. The molecule has 4 aromatic rings. The second-order valence-corrected chi connectivity index (χ2v) is 13.5. The molecule has 2 aromatic carbocycles. The van der Waals surface area contributed by atoms with Crippen LogP contribution in [0.4, 0.5) is 26.3 Å². The second kappa shape index (κ2) is 15.7. The van der Waals surface area contributed by atoms with E-state index >= 15 is 0 Å². The van der Waals surface area contributed by atoms with Crippen LogP contribution in [0.2, 0.25) is 0 Å². The number of imidazole rings is 2. The number of alkyl halides is 6. The summed E-state index contributed by atoms with van der Waals surface area (Å²) in [6.07, 6.45) is -6.61. The Morgan fingerprint density at radius 3 is 1.48 bits per heavy atom. The summed E-state index contributed by atoms with van der Waals surface area (Å²) in [6, 6.07) is 10.5. The van der Waals surface area contributed by atoms with Gasteiger partial charge in [0.05, 0.1) is 29.5 Å². The Bertz CT molecular complexity index is 1820. The molecular formula is C30H30F6N4O6S2. The van der Waals surface area contributed by atoms with Crippen LogP contribution in [0.5, 0.6) is 11.5 Å². The number of ether oxygens (including phenoxy) is 2. The highest BCUT2D eigenvalue weighted by atomic mass is 32.2. The van der Waals surface area contributed by atoms with Gasteiger partial charge >= 0.3 is 12.7 Å². The predicted molar refractivity (Wildman–Crippen MR) is 167 cm³/mol. The van der Waals surface area contributed by atoms with Gasteiger partial charge in [-0.15, -0.1) is 26.3 Å². The maximum Gasteiger partial charge on any atom is 0.573 e. The molecule has 0 saturated carbocycles. The molecule has 10 nitrogen and oxygen atoms in total. The summed E-state index contributed by atoms with van der Waals surface area (Å²) in [4.78, 5) is 32.2. The highest BCUT2D eigenvalue weighted by Crippen LogP contribution is 2.28. The molecule has 0 aliphatic carbocycles. The largest absolute Gasteiger partial charge is 0.573 e. The highest BCUT2D eigenvalue weighted by Gasteiger charge is 2.32. The van der Waals surface area contributed by atoms with Crippen molar-refractivity contribution in [2.45, 2.75) is 26.6 Å². The lowest BCUT2D eigenvalue weighted by atomic mass is 10.1. The van der Waals surface area contributed by atoms with Crippen LogP contribution in [0.3, 0.4) is 0 Å². The normalized spacial score (nSPS) is 11.9. The standard InChI is InChI=1S/C15H15F3N2O4S.C15H15F3N2O2S/c1-3-25(22,23)9-13(21)14-19-8-12(20(14)2)10-4-6-11(7-5-10)24-15(16,17)18;1-3-23-9-13(21)14-19-8-12(20(14)2)10-4-6-11(7-5-10)22-15(16,17)18/h4-8H,3,9H2,1-2H3;4-8H,3,9H2,1-2H3. The van der Waals surface area contributed by atoms with Crippen molar-refractivity contribution in [1.29, 1.82) is 0 Å². The van der Waals surface area contributed by atoms with Gasteiger partial charge in [0, 0.05) is 31.0 Å². The van der Waals surface area contributed by atoms with Crippen LogP contribution in [-0.2, 0) is 23.9 Å². The van der Waals surface area contributed by atoms with Crippen molar-refractivity contribution in [3.05, 3.63) is 72.6 Å². The van der Waals surface area contributed by atoms with Crippen molar-refractivity contribution in [2.24, 2.45) is 14.1 Å². The van der Waals surface area contributed by atoms with E-state index in [1.165, 1.54) is 79.1 Å². The average Bonchev–Trinajstić information content (AvgIpc) is 3.57. The Morgan fingerprint density at radius 1 is 0.729 bits per heavy atom. The van der Waals surface area contributed by atoms with Gasteiger partial charge in [-0.25, -0.2) is 18.4 Å². The van der Waals surface area contributed by atoms with Crippen molar-refractivity contribution in [1.82, 2.24) is 19.1 Å². The summed E-state index contributed by atoms with van der Waals surface area (Å²) in [5, 5.41) is 0. The molecule has 0 unspecified atom stereocenters. The molecule has 48 heavy (non-hydrogen) atoms. The van der Waals surface area contributed by atoms with Crippen LogP contribution in [0.1, 0.15) is 35.1 Å². The summed E-state index contributed by atoms with van der Waals surface area (Å²) >= 11 is 1.51. The Hall–Kier alpha value is -4.32. The van der Waals surface area contributed by atoms with Gasteiger partial charge in [0.2, 0.25) is 11.6 Å². The van der Waals surface area contributed by atoms with Gasteiger partial charge in [-0.05, 0) is 54.3 Å². The van der Waals surface area contributed by atoms with Gasteiger partial charge < -0.3 is 18.6 Å². The van der Waals surface area contributed by atoms with Gasteiger partial charge in [0.25, 0.3) is 0 Å². The molecule has 4 rings (SSSR count). The minimum absolute atomic E-state index is 0.0392. The van der Waals surface area contributed by atoms with Crippen molar-refractivity contribution >= 4 is 33.2 Å². The first-order valence-electron chi connectivity index (χ1n) is 13.9. The van der Waals surface area contributed by atoms with Crippen molar-refractivity contribution < 1.29 is 53.8 Å². The van der Waals surface area contributed by atoms with E-state index in [1.807, 2.05) is 6.92 Å². The first kappa shape index (κ1) is 38.1. The molecule has 18 heteroatoms. The van der Waals surface area contributed by atoms with E-state index in [0.29, 0.717) is 34.1 Å². The zero-order valence-electron chi connectivity index (χ0n) is 25.9. The number of nitrogens with zero attached hydrogens (tertiary/aromatic N) is 4. The minimum Gasteiger partial charge on any atom is -0.406 e. The number of rotatable bonds is 12. The SMILES string of the molecule is CCS(=O)(=O)CC(=O)c1ncc(-c2ccc(OC(F)(F)F)cc2)n1C.CCSCC(=O)c1ncc(-c2ccc(OC(F)(F)F)cc2)n1C. The van der Waals surface area contributed by atoms with E-state index in [4.69, 9.17) is 0 Å². The highest BCUT2D eigenvalue weighted by molar-refractivity contribution is 7.99. The van der Waals surface area contributed by atoms with Crippen molar-refractivity contribution in [3.63, 3.8) is 0 Å². The van der Waals surface area contributed by atoms with E-state index in [1.54, 1.807) is 11.6 Å². The molecule has 2 heterocycles. The zero-order chi connectivity index (χ0) is 35.9.